The van der Waals surface area contributed by atoms with Crippen molar-refractivity contribution in [2.45, 2.75) is 26.2 Å². The lowest BCUT2D eigenvalue weighted by Crippen LogP contribution is -2.06. The molecule has 0 bridgehead atoms. The molecule has 0 saturated heterocycles. The Morgan fingerprint density at radius 2 is 2.20 bits per heavy atom. The summed E-state index contributed by atoms with van der Waals surface area (Å²) in [6.07, 6.45) is 3.71. The van der Waals surface area contributed by atoms with Crippen molar-refractivity contribution in [2.24, 2.45) is 0 Å². The van der Waals surface area contributed by atoms with Crippen molar-refractivity contribution in [1.29, 1.82) is 0 Å². The Morgan fingerprint density at radius 1 is 1.50 bits per heavy atom. The van der Waals surface area contributed by atoms with Crippen molar-refractivity contribution in [3.63, 3.8) is 0 Å². The third-order valence-electron chi connectivity index (χ3n) is 1.18. The number of esters is 1. The van der Waals surface area contributed by atoms with Gasteiger partial charge in [0, 0.05) is 0 Å². The van der Waals surface area contributed by atoms with E-state index in [4.69, 9.17) is 4.74 Å². The van der Waals surface area contributed by atoms with E-state index in [1.165, 1.54) is 6.42 Å². The van der Waals surface area contributed by atoms with E-state index in [-0.39, 0.29) is 5.97 Å². The highest BCUT2D eigenvalue weighted by Gasteiger charge is 1.95. The second-order valence-corrected chi connectivity index (χ2v) is 2.54. The second kappa shape index (κ2) is 7.01. The molecule has 2 nitrogen and oxygen atoms in total. The number of hydrogen-bond acceptors (Lipinski definition) is 2. The van der Waals surface area contributed by atoms with Crippen LogP contribution in [0.3, 0.4) is 0 Å². The van der Waals surface area contributed by atoms with E-state index in [0.29, 0.717) is 12.8 Å². The van der Waals surface area contributed by atoms with Crippen LogP contribution >= 0.6 is 9.24 Å². The SMILES string of the molecule is CCCCCOC(=O)CP. The van der Waals surface area contributed by atoms with Crippen LogP contribution in [0.15, 0.2) is 0 Å². The van der Waals surface area contributed by atoms with Gasteiger partial charge in [0.15, 0.2) is 0 Å². The fourth-order valence-electron chi connectivity index (χ4n) is 0.597. The maximum atomic E-state index is 10.5. The van der Waals surface area contributed by atoms with Crippen molar-refractivity contribution in [1.82, 2.24) is 0 Å². The Labute approximate surface area is 64.5 Å². The van der Waals surface area contributed by atoms with E-state index < -0.39 is 0 Å². The van der Waals surface area contributed by atoms with Gasteiger partial charge in [-0.1, -0.05) is 19.8 Å². The molecule has 1 atom stereocenters. The average molecular weight is 162 g/mol. The zero-order valence-electron chi connectivity index (χ0n) is 6.43. The first kappa shape index (κ1) is 9.90. The molecule has 10 heavy (non-hydrogen) atoms. The molecular formula is C7H15O2P. The standard InChI is InChI=1S/C7H15O2P/c1-2-3-4-5-9-7(8)6-10/h2-6,10H2,1H3. The van der Waals surface area contributed by atoms with Crippen LogP contribution in [0.4, 0.5) is 0 Å². The smallest absolute Gasteiger partial charge is 0.309 e. The highest BCUT2D eigenvalue weighted by molar-refractivity contribution is 7.18. The van der Waals surface area contributed by atoms with Crippen molar-refractivity contribution >= 4 is 15.2 Å². The van der Waals surface area contributed by atoms with Crippen molar-refractivity contribution in [3.8, 4) is 0 Å². The molecule has 0 aromatic carbocycles. The van der Waals surface area contributed by atoms with E-state index in [1.54, 1.807) is 0 Å². The largest absolute Gasteiger partial charge is 0.465 e. The molecule has 0 amide bonds. The molecule has 0 heterocycles. The van der Waals surface area contributed by atoms with Gasteiger partial charge in [0.05, 0.1) is 12.8 Å². The summed E-state index contributed by atoms with van der Waals surface area (Å²) in [6, 6.07) is 0. The van der Waals surface area contributed by atoms with Crippen LogP contribution in [0.5, 0.6) is 0 Å². The van der Waals surface area contributed by atoms with Gasteiger partial charge < -0.3 is 4.74 Å². The second-order valence-electron chi connectivity index (χ2n) is 2.13. The van der Waals surface area contributed by atoms with Gasteiger partial charge >= 0.3 is 5.97 Å². The number of unbranched alkanes of at least 4 members (excludes halogenated alkanes) is 2. The normalized spacial score (nSPS) is 9.40. The Balaban J connectivity index is 2.96. The van der Waals surface area contributed by atoms with E-state index >= 15 is 0 Å². The van der Waals surface area contributed by atoms with Crippen LogP contribution in [0.1, 0.15) is 26.2 Å². The lowest BCUT2D eigenvalue weighted by atomic mass is 10.3. The summed E-state index contributed by atoms with van der Waals surface area (Å²) < 4.78 is 4.83. The maximum absolute atomic E-state index is 10.5. The summed E-state index contributed by atoms with van der Waals surface area (Å²) in [4.78, 5) is 10.5. The molecule has 0 fully saturated rings. The first-order valence-electron chi connectivity index (χ1n) is 3.67. The maximum Gasteiger partial charge on any atom is 0.309 e. The van der Waals surface area contributed by atoms with Gasteiger partial charge in [-0.2, -0.15) is 0 Å². The van der Waals surface area contributed by atoms with Crippen LogP contribution in [0.25, 0.3) is 0 Å². The highest BCUT2D eigenvalue weighted by atomic mass is 31.0. The van der Waals surface area contributed by atoms with Crippen LogP contribution in [-0.4, -0.2) is 18.7 Å². The summed E-state index contributed by atoms with van der Waals surface area (Å²) in [5, 5.41) is 0. The Bertz CT molecular complexity index is 93.6. The minimum atomic E-state index is -0.124. The molecule has 0 spiro atoms. The third-order valence-corrected chi connectivity index (χ3v) is 1.51. The zero-order valence-corrected chi connectivity index (χ0v) is 7.58. The molecule has 3 heteroatoms. The Hall–Kier alpha value is -0.100. The summed E-state index contributed by atoms with van der Waals surface area (Å²) in [6.45, 7) is 2.71. The van der Waals surface area contributed by atoms with E-state index in [9.17, 15) is 4.79 Å². The van der Waals surface area contributed by atoms with Crippen LogP contribution < -0.4 is 0 Å². The van der Waals surface area contributed by atoms with Crippen molar-refractivity contribution in [3.05, 3.63) is 0 Å². The average Bonchev–Trinajstić information content (AvgIpc) is 1.98. The van der Waals surface area contributed by atoms with Gasteiger partial charge in [-0.3, -0.25) is 4.79 Å². The first-order valence-corrected chi connectivity index (χ1v) is 4.48. The molecule has 1 unspecified atom stereocenters. The van der Waals surface area contributed by atoms with Crippen LogP contribution in [0, 0.1) is 0 Å². The lowest BCUT2D eigenvalue weighted by molar-refractivity contribution is -0.140. The quantitative estimate of drug-likeness (QED) is 0.348. The number of carbonyl (C=O) groups is 1. The van der Waals surface area contributed by atoms with Gasteiger partial charge in [0.2, 0.25) is 0 Å². The van der Waals surface area contributed by atoms with E-state index in [0.717, 1.165) is 12.8 Å². The molecule has 0 aromatic rings. The molecule has 0 N–H and O–H groups in total. The Morgan fingerprint density at radius 3 is 2.70 bits per heavy atom. The third kappa shape index (κ3) is 6.03. The van der Waals surface area contributed by atoms with Gasteiger partial charge in [0.1, 0.15) is 0 Å². The predicted octanol–water partition coefficient (Wildman–Crippen LogP) is 1.59. The molecule has 0 radical (unpaired) electrons. The minimum absolute atomic E-state index is 0.124. The summed E-state index contributed by atoms with van der Waals surface area (Å²) in [5.74, 6) is -0.124. The summed E-state index contributed by atoms with van der Waals surface area (Å²) in [5.41, 5.74) is 0. The van der Waals surface area contributed by atoms with Crippen molar-refractivity contribution in [2.75, 3.05) is 12.8 Å². The molecule has 0 saturated carbocycles. The number of hydrogen-bond donors (Lipinski definition) is 0. The molecule has 0 aliphatic carbocycles. The summed E-state index contributed by atoms with van der Waals surface area (Å²) >= 11 is 0. The van der Waals surface area contributed by atoms with Crippen molar-refractivity contribution < 1.29 is 9.53 Å². The fraction of sp³-hybridized carbons (Fsp3) is 0.857. The predicted molar refractivity (Wildman–Crippen MR) is 45.1 cm³/mol. The first-order chi connectivity index (χ1) is 4.81. The number of carbonyl (C=O) groups excluding carboxylic acids is 1. The van der Waals surface area contributed by atoms with Gasteiger partial charge in [0.25, 0.3) is 0 Å². The number of ether oxygens (including phenoxy) is 1. The molecule has 60 valence electrons. The van der Waals surface area contributed by atoms with Crippen LogP contribution in [-0.2, 0) is 9.53 Å². The summed E-state index contributed by atoms with van der Waals surface area (Å²) in [7, 11) is 2.34. The Kier molecular flexibility index (Phi) is 6.94. The molecule has 0 aliphatic heterocycles. The number of rotatable bonds is 5. The lowest BCUT2D eigenvalue weighted by Gasteiger charge is -2.00. The molecular weight excluding hydrogens is 147 g/mol. The minimum Gasteiger partial charge on any atom is -0.465 e. The topological polar surface area (TPSA) is 26.3 Å². The van der Waals surface area contributed by atoms with Crippen LogP contribution in [0.2, 0.25) is 0 Å². The van der Waals surface area contributed by atoms with E-state index in [1.807, 2.05) is 0 Å². The molecule has 0 aromatic heterocycles. The fourth-order valence-corrected chi connectivity index (χ4v) is 0.715. The zero-order chi connectivity index (χ0) is 7.82. The van der Waals surface area contributed by atoms with Gasteiger partial charge in [-0.05, 0) is 6.42 Å². The monoisotopic (exact) mass is 162 g/mol. The van der Waals surface area contributed by atoms with E-state index in [2.05, 4.69) is 16.2 Å². The molecule has 0 aliphatic rings. The van der Waals surface area contributed by atoms with Gasteiger partial charge in [-0.25, -0.2) is 0 Å². The molecule has 0 rings (SSSR count). The van der Waals surface area contributed by atoms with Gasteiger partial charge in [-0.15, -0.1) is 9.24 Å². The highest BCUT2D eigenvalue weighted by Crippen LogP contribution is 1.95.